The molecule has 3 aromatic rings. The van der Waals surface area contributed by atoms with Gasteiger partial charge < -0.3 is 5.32 Å². The quantitative estimate of drug-likeness (QED) is 0.682. The van der Waals surface area contributed by atoms with E-state index in [1.54, 1.807) is 17.4 Å². The van der Waals surface area contributed by atoms with Crippen LogP contribution in [0.3, 0.4) is 0 Å². The molecule has 27 heavy (non-hydrogen) atoms. The Morgan fingerprint density at radius 2 is 2.07 bits per heavy atom. The van der Waals surface area contributed by atoms with Gasteiger partial charge in [-0.1, -0.05) is 12.1 Å². The summed E-state index contributed by atoms with van der Waals surface area (Å²) < 4.78 is 40.6. The van der Waals surface area contributed by atoms with Crippen molar-refractivity contribution in [2.24, 2.45) is 0 Å². The first-order valence-electron chi connectivity index (χ1n) is 8.49. The van der Waals surface area contributed by atoms with Crippen molar-refractivity contribution >= 4 is 17.2 Å². The average Bonchev–Trinajstić information content (AvgIpc) is 3.17. The molecule has 0 unspecified atom stereocenters. The maximum absolute atomic E-state index is 13.0. The van der Waals surface area contributed by atoms with Gasteiger partial charge in [0.25, 0.3) is 5.91 Å². The smallest absolute Gasteiger partial charge is 0.347 e. The number of hydrogen-bond acceptors (Lipinski definition) is 3. The standard InChI is InChI=1S/C19H16F3N3OS/c20-19(21,22)13-3-1-4-14(9-13)25-17(12-6-7-12)16(11-24-25)18(26)23-10-15-5-2-8-27-15/h1-5,8-9,11-12H,6-7,10H2,(H,23,26). The number of nitrogens with one attached hydrogen (secondary N) is 1. The highest BCUT2D eigenvalue weighted by atomic mass is 32.1. The van der Waals surface area contributed by atoms with Crippen molar-refractivity contribution in [3.05, 3.63) is 69.7 Å². The lowest BCUT2D eigenvalue weighted by molar-refractivity contribution is -0.137. The number of alkyl halides is 3. The third-order valence-corrected chi connectivity index (χ3v) is 5.31. The fourth-order valence-corrected chi connectivity index (χ4v) is 3.62. The predicted octanol–water partition coefficient (Wildman–Crippen LogP) is 4.76. The Morgan fingerprint density at radius 3 is 2.74 bits per heavy atom. The number of rotatable bonds is 5. The molecule has 0 radical (unpaired) electrons. The molecule has 1 aromatic carbocycles. The highest BCUT2D eigenvalue weighted by molar-refractivity contribution is 7.09. The van der Waals surface area contributed by atoms with Crippen LogP contribution in [0.25, 0.3) is 5.69 Å². The van der Waals surface area contributed by atoms with E-state index in [0.717, 1.165) is 29.9 Å². The van der Waals surface area contributed by atoms with Gasteiger partial charge in [0, 0.05) is 10.8 Å². The Morgan fingerprint density at radius 1 is 1.26 bits per heavy atom. The van der Waals surface area contributed by atoms with Crippen LogP contribution in [-0.2, 0) is 12.7 Å². The van der Waals surface area contributed by atoms with E-state index in [0.29, 0.717) is 23.5 Å². The number of hydrogen-bond donors (Lipinski definition) is 1. The van der Waals surface area contributed by atoms with E-state index in [4.69, 9.17) is 0 Å². The van der Waals surface area contributed by atoms with Crippen LogP contribution in [0.4, 0.5) is 13.2 Å². The molecule has 1 amide bonds. The normalized spacial score (nSPS) is 14.3. The van der Waals surface area contributed by atoms with Gasteiger partial charge in [-0.2, -0.15) is 18.3 Å². The first-order chi connectivity index (χ1) is 12.9. The average molecular weight is 391 g/mol. The van der Waals surface area contributed by atoms with Gasteiger partial charge in [0.05, 0.1) is 35.2 Å². The largest absolute Gasteiger partial charge is 0.416 e. The molecule has 1 fully saturated rings. The summed E-state index contributed by atoms with van der Waals surface area (Å²) in [6, 6.07) is 8.85. The number of benzene rings is 1. The number of thiophene rings is 1. The van der Waals surface area contributed by atoms with Crippen LogP contribution in [0, 0.1) is 0 Å². The predicted molar refractivity (Wildman–Crippen MR) is 96.0 cm³/mol. The van der Waals surface area contributed by atoms with Gasteiger partial charge in [-0.05, 0) is 42.5 Å². The topological polar surface area (TPSA) is 46.9 Å². The minimum atomic E-state index is -4.43. The summed E-state index contributed by atoms with van der Waals surface area (Å²) in [6.07, 6.45) is -1.19. The number of amides is 1. The zero-order valence-electron chi connectivity index (χ0n) is 14.2. The van der Waals surface area contributed by atoms with Crippen molar-refractivity contribution in [2.75, 3.05) is 0 Å². The van der Waals surface area contributed by atoms with Crippen LogP contribution < -0.4 is 5.32 Å². The lowest BCUT2D eigenvalue weighted by Crippen LogP contribution is -2.23. The molecule has 2 heterocycles. The number of halogens is 3. The Hall–Kier alpha value is -2.61. The molecule has 140 valence electrons. The molecule has 0 aliphatic heterocycles. The van der Waals surface area contributed by atoms with E-state index in [1.165, 1.54) is 16.9 Å². The molecule has 4 rings (SSSR count). The van der Waals surface area contributed by atoms with E-state index in [9.17, 15) is 18.0 Å². The van der Waals surface area contributed by atoms with Crippen molar-refractivity contribution < 1.29 is 18.0 Å². The fourth-order valence-electron chi connectivity index (χ4n) is 2.98. The summed E-state index contributed by atoms with van der Waals surface area (Å²) in [6.45, 7) is 0.412. The molecule has 0 spiro atoms. The third kappa shape index (κ3) is 3.75. The van der Waals surface area contributed by atoms with E-state index in [1.807, 2.05) is 17.5 Å². The molecule has 0 atom stereocenters. The summed E-state index contributed by atoms with van der Waals surface area (Å²) in [7, 11) is 0. The Kier molecular flexibility index (Phi) is 4.51. The van der Waals surface area contributed by atoms with Crippen LogP contribution >= 0.6 is 11.3 Å². The van der Waals surface area contributed by atoms with Crippen molar-refractivity contribution in [3.63, 3.8) is 0 Å². The van der Waals surface area contributed by atoms with Gasteiger partial charge in [-0.3, -0.25) is 4.79 Å². The second-order valence-electron chi connectivity index (χ2n) is 6.44. The molecule has 1 aliphatic carbocycles. The lowest BCUT2D eigenvalue weighted by Gasteiger charge is -2.12. The summed E-state index contributed by atoms with van der Waals surface area (Å²) in [4.78, 5) is 13.7. The summed E-state index contributed by atoms with van der Waals surface area (Å²) >= 11 is 1.55. The van der Waals surface area contributed by atoms with Gasteiger partial charge in [0.15, 0.2) is 0 Å². The first kappa shape index (κ1) is 17.8. The number of carbonyl (C=O) groups is 1. The Bertz CT molecular complexity index is 959. The zero-order chi connectivity index (χ0) is 19.0. The lowest BCUT2D eigenvalue weighted by atomic mass is 10.1. The van der Waals surface area contributed by atoms with Crippen molar-refractivity contribution in [1.82, 2.24) is 15.1 Å². The summed E-state index contributed by atoms with van der Waals surface area (Å²) in [5, 5.41) is 9.02. The van der Waals surface area contributed by atoms with Gasteiger partial charge in [-0.25, -0.2) is 4.68 Å². The molecular formula is C19H16F3N3OS. The van der Waals surface area contributed by atoms with Gasteiger partial charge in [0.2, 0.25) is 0 Å². The monoisotopic (exact) mass is 391 g/mol. The molecule has 1 N–H and O–H groups in total. The summed E-state index contributed by atoms with van der Waals surface area (Å²) in [5.74, 6) is -0.118. The van der Waals surface area contributed by atoms with Gasteiger partial charge in [-0.15, -0.1) is 11.3 Å². The van der Waals surface area contributed by atoms with E-state index in [-0.39, 0.29) is 11.8 Å². The molecule has 2 aromatic heterocycles. The molecule has 1 aliphatic rings. The van der Waals surface area contributed by atoms with E-state index < -0.39 is 11.7 Å². The number of aromatic nitrogens is 2. The van der Waals surface area contributed by atoms with Gasteiger partial charge >= 0.3 is 6.18 Å². The van der Waals surface area contributed by atoms with Crippen LogP contribution in [-0.4, -0.2) is 15.7 Å². The van der Waals surface area contributed by atoms with Gasteiger partial charge in [0.1, 0.15) is 0 Å². The molecular weight excluding hydrogens is 375 g/mol. The number of carbonyl (C=O) groups excluding carboxylic acids is 1. The zero-order valence-corrected chi connectivity index (χ0v) is 15.0. The third-order valence-electron chi connectivity index (χ3n) is 4.44. The maximum atomic E-state index is 13.0. The minimum Gasteiger partial charge on any atom is -0.347 e. The minimum absolute atomic E-state index is 0.143. The highest BCUT2D eigenvalue weighted by Gasteiger charge is 2.34. The molecule has 4 nitrogen and oxygen atoms in total. The fraction of sp³-hybridized carbons (Fsp3) is 0.263. The SMILES string of the molecule is O=C(NCc1cccs1)c1cnn(-c2cccc(C(F)(F)F)c2)c1C1CC1. The van der Waals surface area contributed by atoms with Crippen molar-refractivity contribution in [2.45, 2.75) is 31.5 Å². The molecule has 0 saturated heterocycles. The second kappa shape index (κ2) is 6.84. The second-order valence-corrected chi connectivity index (χ2v) is 7.47. The van der Waals surface area contributed by atoms with Crippen molar-refractivity contribution in [1.29, 1.82) is 0 Å². The summed E-state index contributed by atoms with van der Waals surface area (Å²) in [5.41, 5.74) is 0.675. The van der Waals surface area contributed by atoms with Crippen LogP contribution in [0.5, 0.6) is 0 Å². The Balaban J connectivity index is 1.64. The van der Waals surface area contributed by atoms with Crippen LogP contribution in [0.1, 0.15) is 45.3 Å². The number of nitrogens with zero attached hydrogens (tertiary/aromatic N) is 2. The maximum Gasteiger partial charge on any atom is 0.416 e. The van der Waals surface area contributed by atoms with E-state index in [2.05, 4.69) is 10.4 Å². The molecule has 1 saturated carbocycles. The first-order valence-corrected chi connectivity index (χ1v) is 9.37. The van der Waals surface area contributed by atoms with Crippen molar-refractivity contribution in [3.8, 4) is 5.69 Å². The highest BCUT2D eigenvalue weighted by Crippen LogP contribution is 2.42. The van der Waals surface area contributed by atoms with Crippen LogP contribution in [0.2, 0.25) is 0 Å². The Labute approximate surface area is 157 Å². The molecule has 8 heteroatoms. The molecule has 0 bridgehead atoms. The van der Waals surface area contributed by atoms with Crippen LogP contribution in [0.15, 0.2) is 48.0 Å². The van der Waals surface area contributed by atoms with E-state index >= 15 is 0 Å².